The first-order valence-electron chi connectivity index (χ1n) is 8.47. The molecule has 0 unspecified atom stereocenters. The first-order chi connectivity index (χ1) is 11.8. The van der Waals surface area contributed by atoms with Crippen LogP contribution in [0.15, 0.2) is 42.5 Å². The predicted octanol–water partition coefficient (Wildman–Crippen LogP) is 3.13. The number of nitrogens with zero attached hydrogens (tertiary/aromatic N) is 1. The lowest BCUT2D eigenvalue weighted by atomic mass is 9.68. The van der Waals surface area contributed by atoms with Gasteiger partial charge >= 0.3 is 0 Å². The Hall–Kier alpha value is -2.33. The summed E-state index contributed by atoms with van der Waals surface area (Å²) in [4.78, 5) is 15.1. The summed E-state index contributed by atoms with van der Waals surface area (Å²) in [5.74, 6) is 1.08. The number of amides is 1. The van der Waals surface area contributed by atoms with Crippen LogP contribution in [0.2, 0.25) is 0 Å². The highest BCUT2D eigenvalue weighted by atomic mass is 16.5. The maximum absolute atomic E-state index is 13.2. The van der Waals surface area contributed by atoms with Crippen LogP contribution in [0.3, 0.4) is 0 Å². The summed E-state index contributed by atoms with van der Waals surface area (Å²) >= 11 is 0. The Kier molecular flexibility index (Phi) is 2.98. The first kappa shape index (κ1) is 14.1. The number of hydrogen-bond donors (Lipinski definition) is 0. The molecule has 4 nitrogen and oxygen atoms in total. The summed E-state index contributed by atoms with van der Waals surface area (Å²) in [6.07, 6.45) is 0.772. The van der Waals surface area contributed by atoms with Crippen molar-refractivity contribution >= 4 is 5.91 Å². The summed E-state index contributed by atoms with van der Waals surface area (Å²) < 4.78 is 11.2. The van der Waals surface area contributed by atoms with Crippen molar-refractivity contribution in [2.45, 2.75) is 24.5 Å². The average molecular weight is 321 g/mol. The summed E-state index contributed by atoms with van der Waals surface area (Å²) in [5, 5.41) is 0. The molecule has 2 fully saturated rings. The molecule has 5 rings (SSSR count). The minimum Gasteiger partial charge on any atom is -0.497 e. The molecule has 122 valence electrons. The maximum atomic E-state index is 13.2. The summed E-state index contributed by atoms with van der Waals surface area (Å²) in [6, 6.07) is 14.5. The van der Waals surface area contributed by atoms with Gasteiger partial charge in [-0.2, -0.15) is 0 Å². The monoisotopic (exact) mass is 321 g/mol. The van der Waals surface area contributed by atoms with Gasteiger partial charge in [0, 0.05) is 18.9 Å². The van der Waals surface area contributed by atoms with Crippen LogP contribution in [0.4, 0.5) is 0 Å². The van der Waals surface area contributed by atoms with Crippen molar-refractivity contribution in [3.05, 3.63) is 53.6 Å². The third-order valence-corrected chi connectivity index (χ3v) is 5.64. The second kappa shape index (κ2) is 5.08. The number of carbonyl (C=O) groups excluding carboxylic acids is 1. The van der Waals surface area contributed by atoms with Crippen molar-refractivity contribution in [2.75, 3.05) is 20.3 Å². The highest BCUT2D eigenvalue weighted by Crippen LogP contribution is 2.53. The largest absolute Gasteiger partial charge is 0.497 e. The van der Waals surface area contributed by atoms with Crippen molar-refractivity contribution in [1.82, 2.24) is 4.90 Å². The molecule has 0 radical (unpaired) electrons. The fourth-order valence-electron chi connectivity index (χ4n) is 4.56. The zero-order valence-electron chi connectivity index (χ0n) is 13.6. The smallest absolute Gasteiger partial charge is 0.232 e. The lowest BCUT2D eigenvalue weighted by Crippen LogP contribution is -2.47. The summed E-state index contributed by atoms with van der Waals surface area (Å²) in [5.41, 5.74) is 4.74. The van der Waals surface area contributed by atoms with Gasteiger partial charge in [0.1, 0.15) is 12.0 Å². The zero-order valence-corrected chi connectivity index (χ0v) is 13.6. The van der Waals surface area contributed by atoms with Gasteiger partial charge in [0.2, 0.25) is 5.91 Å². The van der Waals surface area contributed by atoms with E-state index < -0.39 is 0 Å². The van der Waals surface area contributed by atoms with Crippen molar-refractivity contribution in [3.8, 4) is 16.9 Å². The van der Waals surface area contributed by atoms with Gasteiger partial charge in [0.25, 0.3) is 0 Å². The number of rotatable bonds is 1. The van der Waals surface area contributed by atoms with E-state index >= 15 is 0 Å². The van der Waals surface area contributed by atoms with Crippen LogP contribution < -0.4 is 4.74 Å². The molecule has 2 saturated heterocycles. The van der Waals surface area contributed by atoms with Crippen LogP contribution in [0, 0.1) is 0 Å². The van der Waals surface area contributed by atoms with Crippen LogP contribution in [0.5, 0.6) is 5.75 Å². The van der Waals surface area contributed by atoms with E-state index in [2.05, 4.69) is 24.3 Å². The molecular weight excluding hydrogens is 302 g/mol. The lowest BCUT2D eigenvalue weighted by molar-refractivity contribution is -0.143. The van der Waals surface area contributed by atoms with Crippen molar-refractivity contribution in [1.29, 1.82) is 0 Å². The van der Waals surface area contributed by atoms with Gasteiger partial charge in [0.15, 0.2) is 0 Å². The van der Waals surface area contributed by atoms with Crippen LogP contribution in [-0.2, 0) is 9.53 Å². The molecule has 2 aromatic rings. The number of carbonyl (C=O) groups is 1. The SMILES string of the molecule is COc1ccc2c(c1)[C@H]1C[C@@H]3OCCN3C(=O)[C@H]1c1ccccc1-2. The van der Waals surface area contributed by atoms with E-state index in [1.165, 1.54) is 16.7 Å². The molecule has 0 aromatic heterocycles. The Morgan fingerprint density at radius 2 is 1.96 bits per heavy atom. The Morgan fingerprint density at radius 3 is 2.83 bits per heavy atom. The molecule has 1 aliphatic carbocycles. The molecule has 0 N–H and O–H groups in total. The number of hydrogen-bond acceptors (Lipinski definition) is 3. The van der Waals surface area contributed by atoms with Crippen molar-refractivity contribution in [3.63, 3.8) is 0 Å². The van der Waals surface area contributed by atoms with E-state index in [4.69, 9.17) is 9.47 Å². The van der Waals surface area contributed by atoms with E-state index in [0.717, 1.165) is 17.7 Å². The molecule has 0 saturated carbocycles. The van der Waals surface area contributed by atoms with Crippen LogP contribution in [-0.4, -0.2) is 37.3 Å². The third-order valence-electron chi connectivity index (χ3n) is 5.64. The van der Waals surface area contributed by atoms with Gasteiger partial charge in [-0.3, -0.25) is 4.79 Å². The Balaban J connectivity index is 1.73. The fourth-order valence-corrected chi connectivity index (χ4v) is 4.56. The summed E-state index contributed by atoms with van der Waals surface area (Å²) in [7, 11) is 1.68. The van der Waals surface area contributed by atoms with E-state index in [1.807, 2.05) is 23.1 Å². The van der Waals surface area contributed by atoms with Gasteiger partial charge in [-0.25, -0.2) is 0 Å². The number of fused-ring (bicyclic) bond motifs is 7. The summed E-state index contributed by atoms with van der Waals surface area (Å²) in [6.45, 7) is 1.35. The van der Waals surface area contributed by atoms with E-state index in [9.17, 15) is 4.79 Å². The Morgan fingerprint density at radius 1 is 1.12 bits per heavy atom. The normalized spacial score (nSPS) is 27.1. The minimum atomic E-state index is -0.112. The molecule has 2 aromatic carbocycles. The Bertz CT molecular complexity index is 831. The molecular formula is C20H19NO3. The van der Waals surface area contributed by atoms with Crippen LogP contribution >= 0.6 is 0 Å². The standard InChI is InChI=1S/C20H19NO3/c1-23-12-6-7-14-13-4-2-3-5-15(13)19-17(16(14)10-12)11-18-21(20(19)22)8-9-24-18/h2-7,10,17-19H,8-9,11H2,1H3/t17-,18+,19+/m1/s1. The van der Waals surface area contributed by atoms with Gasteiger partial charge in [-0.05, 0) is 34.4 Å². The zero-order chi connectivity index (χ0) is 16.3. The molecule has 1 amide bonds. The topological polar surface area (TPSA) is 38.8 Å². The first-order valence-corrected chi connectivity index (χ1v) is 8.47. The predicted molar refractivity (Wildman–Crippen MR) is 90.0 cm³/mol. The highest BCUT2D eigenvalue weighted by Gasteiger charge is 2.48. The second-order valence-electron chi connectivity index (χ2n) is 6.72. The van der Waals surface area contributed by atoms with Gasteiger partial charge in [0.05, 0.1) is 19.6 Å². The van der Waals surface area contributed by atoms with Crippen LogP contribution in [0.25, 0.3) is 11.1 Å². The molecule has 0 bridgehead atoms. The highest BCUT2D eigenvalue weighted by molar-refractivity contribution is 5.92. The third kappa shape index (κ3) is 1.80. The second-order valence-corrected chi connectivity index (χ2v) is 6.72. The number of piperidine rings is 1. The fraction of sp³-hybridized carbons (Fsp3) is 0.350. The number of ether oxygens (including phenoxy) is 2. The average Bonchev–Trinajstić information content (AvgIpc) is 3.10. The number of benzene rings is 2. The van der Waals surface area contributed by atoms with Gasteiger partial charge in [-0.15, -0.1) is 0 Å². The van der Waals surface area contributed by atoms with E-state index in [-0.39, 0.29) is 24.0 Å². The van der Waals surface area contributed by atoms with Gasteiger partial charge in [-0.1, -0.05) is 30.3 Å². The quantitative estimate of drug-likeness (QED) is 0.810. The number of methoxy groups -OCH3 is 1. The van der Waals surface area contributed by atoms with Crippen molar-refractivity contribution in [2.24, 2.45) is 0 Å². The molecule has 4 heteroatoms. The minimum absolute atomic E-state index is 0.0805. The Labute approximate surface area is 141 Å². The van der Waals surface area contributed by atoms with Crippen LogP contribution in [0.1, 0.15) is 29.4 Å². The van der Waals surface area contributed by atoms with E-state index in [0.29, 0.717) is 13.2 Å². The molecule has 24 heavy (non-hydrogen) atoms. The van der Waals surface area contributed by atoms with Crippen molar-refractivity contribution < 1.29 is 14.3 Å². The molecule has 3 atom stereocenters. The molecule has 2 heterocycles. The maximum Gasteiger partial charge on any atom is 0.232 e. The molecule has 2 aliphatic heterocycles. The van der Waals surface area contributed by atoms with E-state index in [1.54, 1.807) is 7.11 Å². The molecule has 0 spiro atoms. The van der Waals surface area contributed by atoms with Gasteiger partial charge < -0.3 is 14.4 Å². The lowest BCUT2D eigenvalue weighted by Gasteiger charge is -2.43. The molecule has 3 aliphatic rings.